The van der Waals surface area contributed by atoms with Gasteiger partial charge in [-0.25, -0.2) is 14.0 Å². The highest BCUT2D eigenvalue weighted by molar-refractivity contribution is 6.30. The van der Waals surface area contributed by atoms with Crippen LogP contribution in [0.1, 0.15) is 43.4 Å². The predicted octanol–water partition coefficient (Wildman–Crippen LogP) is 7.45. The summed E-state index contributed by atoms with van der Waals surface area (Å²) in [6.07, 6.45) is 6.06. The molecule has 238 valence electrons. The Kier molecular flexibility index (Phi) is 9.39. The second-order valence-electron chi connectivity index (χ2n) is 13.2. The molecule has 45 heavy (non-hydrogen) atoms. The Morgan fingerprint density at radius 3 is 2.51 bits per heavy atom. The average Bonchev–Trinajstić information content (AvgIpc) is 3.65. The summed E-state index contributed by atoms with van der Waals surface area (Å²) < 4.78 is 23.5. The van der Waals surface area contributed by atoms with E-state index in [0.717, 1.165) is 76.1 Å². The number of alkyl carbamates (subject to hydrolysis) is 1. The molecule has 6 rings (SSSR count). The Bertz CT molecular complexity index is 1500. The summed E-state index contributed by atoms with van der Waals surface area (Å²) in [5.41, 5.74) is 3.45. The van der Waals surface area contributed by atoms with Crippen molar-refractivity contribution < 1.29 is 13.9 Å². The number of nitrogens with zero attached hydrogens (tertiary/aromatic N) is 4. The number of hydrogen-bond donors (Lipinski definition) is 1. The molecule has 3 atom stereocenters. The number of carbonyl (C=O) groups is 1. The number of nitrogens with one attached hydrogen (secondary N) is 1. The Morgan fingerprint density at radius 1 is 1.11 bits per heavy atom. The minimum Gasteiger partial charge on any atom is -0.446 e. The van der Waals surface area contributed by atoms with Gasteiger partial charge in [0.2, 0.25) is 0 Å². The molecular weight excluding hydrogens is 589 g/mol. The third-order valence-corrected chi connectivity index (χ3v) is 10.8. The molecule has 1 aliphatic carbocycles. The lowest BCUT2D eigenvalue weighted by molar-refractivity contribution is 0.00175. The first-order valence-corrected chi connectivity index (χ1v) is 16.6. The molecule has 3 aliphatic rings. The lowest BCUT2D eigenvalue weighted by Crippen LogP contribution is -2.55. The van der Waals surface area contributed by atoms with Crippen LogP contribution in [0.5, 0.6) is 0 Å². The van der Waals surface area contributed by atoms with E-state index in [-0.39, 0.29) is 23.8 Å². The van der Waals surface area contributed by atoms with Crippen molar-refractivity contribution in [2.24, 2.45) is 17.8 Å². The molecule has 1 saturated carbocycles. The van der Waals surface area contributed by atoms with Crippen LogP contribution in [0, 0.1) is 37.1 Å². The Morgan fingerprint density at radius 2 is 1.87 bits per heavy atom. The minimum absolute atomic E-state index is 0.0282. The van der Waals surface area contributed by atoms with Gasteiger partial charge < -0.3 is 24.4 Å². The van der Waals surface area contributed by atoms with Crippen LogP contribution in [0.3, 0.4) is 0 Å². The van der Waals surface area contributed by atoms with Crippen molar-refractivity contribution in [3.05, 3.63) is 94.3 Å². The van der Waals surface area contributed by atoms with Gasteiger partial charge in [0.1, 0.15) is 11.9 Å². The van der Waals surface area contributed by atoms with Crippen LogP contribution in [0.25, 0.3) is 4.85 Å². The molecule has 2 aromatic carbocycles. The summed E-state index contributed by atoms with van der Waals surface area (Å²) in [5.74, 6) is 0.562. The van der Waals surface area contributed by atoms with Crippen molar-refractivity contribution in [1.29, 1.82) is 0 Å². The van der Waals surface area contributed by atoms with E-state index in [1.807, 2.05) is 30.3 Å². The molecule has 1 amide bonds. The Labute approximate surface area is 271 Å². The van der Waals surface area contributed by atoms with E-state index in [9.17, 15) is 4.79 Å². The lowest BCUT2D eigenvalue weighted by Gasteiger charge is -2.51. The van der Waals surface area contributed by atoms with E-state index in [0.29, 0.717) is 23.2 Å². The standard InChI is InChI=1S/C36H43ClFN5O2/c1-25-6-5-15-42(25)24-36(28-18-29(37)20-30(38)19-28,33-7-4-8-34(33)45-35(44)40-3)27-13-16-41(17-14-27)21-26-22-43(23-26)32-11-9-31(39-2)10-12-32/h5-6,9-12,15,18-20,26-27,33-34H,4,7-8,13-14,16-17,21-24H2,1,3H3,(H,40,44)/t33-,34-,36?/m0/s1. The topological polar surface area (TPSA) is 54.1 Å². The van der Waals surface area contributed by atoms with E-state index >= 15 is 4.39 Å². The Hall–Kier alpha value is -3.54. The zero-order valence-electron chi connectivity index (χ0n) is 26.2. The minimum atomic E-state index is -0.471. The maximum Gasteiger partial charge on any atom is 0.407 e. The van der Waals surface area contributed by atoms with Crippen LogP contribution in [0.2, 0.25) is 5.02 Å². The number of carbonyl (C=O) groups excluding carboxylic acids is 1. The normalized spacial score (nSPS) is 22.4. The number of hydrogen-bond acceptors (Lipinski definition) is 4. The van der Waals surface area contributed by atoms with Crippen molar-refractivity contribution >= 4 is 29.1 Å². The van der Waals surface area contributed by atoms with Gasteiger partial charge in [0.25, 0.3) is 0 Å². The lowest BCUT2D eigenvalue weighted by atomic mass is 9.58. The number of benzene rings is 2. The Balaban J connectivity index is 1.24. The third-order valence-electron chi connectivity index (χ3n) is 10.6. The quantitative estimate of drug-likeness (QED) is 0.249. The number of halogens is 2. The zero-order valence-corrected chi connectivity index (χ0v) is 27.0. The van der Waals surface area contributed by atoms with E-state index in [1.54, 1.807) is 13.1 Å². The van der Waals surface area contributed by atoms with E-state index in [4.69, 9.17) is 22.9 Å². The van der Waals surface area contributed by atoms with E-state index in [2.05, 4.69) is 49.8 Å². The number of aryl methyl sites for hydroxylation is 1. The molecule has 2 saturated heterocycles. The fourth-order valence-electron chi connectivity index (χ4n) is 8.35. The molecule has 0 spiro atoms. The second kappa shape index (κ2) is 13.4. The van der Waals surface area contributed by atoms with Crippen LogP contribution in [0.4, 0.5) is 20.6 Å². The summed E-state index contributed by atoms with van der Waals surface area (Å²) in [7, 11) is 1.59. The largest absolute Gasteiger partial charge is 0.446 e. The molecule has 9 heteroatoms. The number of amides is 1. The summed E-state index contributed by atoms with van der Waals surface area (Å²) in [6, 6.07) is 17.1. The smallest absolute Gasteiger partial charge is 0.407 e. The van der Waals surface area contributed by atoms with Gasteiger partial charge in [-0.2, -0.15) is 0 Å². The van der Waals surface area contributed by atoms with E-state index < -0.39 is 11.5 Å². The van der Waals surface area contributed by atoms with Gasteiger partial charge in [-0.05, 0) is 106 Å². The van der Waals surface area contributed by atoms with Crippen molar-refractivity contribution in [3.8, 4) is 0 Å². The van der Waals surface area contributed by atoms with Crippen LogP contribution >= 0.6 is 11.6 Å². The fraction of sp³-hybridized carbons (Fsp3) is 0.500. The highest BCUT2D eigenvalue weighted by Gasteiger charge is 2.53. The maximum absolute atomic E-state index is 15.2. The van der Waals surface area contributed by atoms with Gasteiger partial charge in [0.15, 0.2) is 5.69 Å². The summed E-state index contributed by atoms with van der Waals surface area (Å²) >= 11 is 6.56. The van der Waals surface area contributed by atoms with Gasteiger partial charge in [-0.1, -0.05) is 23.7 Å². The number of ether oxygens (including phenoxy) is 1. The van der Waals surface area contributed by atoms with Crippen LogP contribution < -0.4 is 10.2 Å². The molecule has 0 bridgehead atoms. The van der Waals surface area contributed by atoms with Crippen LogP contribution in [-0.4, -0.2) is 61.4 Å². The first kappa shape index (κ1) is 31.4. The molecular formula is C36H43ClFN5O2. The SMILES string of the molecule is [C-]#[N+]c1ccc(N2CC(CN3CCC(C(Cn4cccc4C)(c4cc(F)cc(Cl)c4)[C@H]4CCC[C@@H]4OC(=O)NC)CC3)C2)cc1. The van der Waals surface area contributed by atoms with Gasteiger partial charge in [0.05, 0.1) is 6.57 Å². The first-order chi connectivity index (χ1) is 21.8. The first-order valence-electron chi connectivity index (χ1n) is 16.2. The molecule has 1 aromatic heterocycles. The van der Waals surface area contributed by atoms with Crippen molar-refractivity contribution in [2.75, 3.05) is 44.7 Å². The molecule has 3 heterocycles. The third kappa shape index (κ3) is 6.57. The van der Waals surface area contributed by atoms with Crippen molar-refractivity contribution in [1.82, 2.24) is 14.8 Å². The summed E-state index contributed by atoms with van der Waals surface area (Å²) in [6.45, 7) is 15.0. The maximum atomic E-state index is 15.2. The summed E-state index contributed by atoms with van der Waals surface area (Å²) in [5, 5.41) is 3.04. The van der Waals surface area contributed by atoms with E-state index in [1.165, 1.54) is 11.8 Å². The molecule has 3 aromatic rings. The molecule has 3 fully saturated rings. The fourth-order valence-corrected chi connectivity index (χ4v) is 8.58. The predicted molar refractivity (Wildman–Crippen MR) is 176 cm³/mol. The molecule has 1 N–H and O–H groups in total. The number of aromatic nitrogens is 1. The zero-order chi connectivity index (χ0) is 31.6. The molecule has 2 aliphatic heterocycles. The van der Waals surface area contributed by atoms with Crippen LogP contribution in [0.15, 0.2) is 60.8 Å². The van der Waals surface area contributed by atoms with Crippen molar-refractivity contribution in [3.63, 3.8) is 0 Å². The average molecular weight is 632 g/mol. The number of piperidine rings is 1. The summed E-state index contributed by atoms with van der Waals surface area (Å²) in [4.78, 5) is 21.0. The second-order valence-corrected chi connectivity index (χ2v) is 13.6. The molecule has 7 nitrogen and oxygen atoms in total. The molecule has 0 radical (unpaired) electrons. The monoisotopic (exact) mass is 631 g/mol. The highest BCUT2D eigenvalue weighted by atomic mass is 35.5. The van der Waals surface area contributed by atoms with Gasteiger partial charge >= 0.3 is 6.09 Å². The van der Waals surface area contributed by atoms with Gasteiger partial charge in [0, 0.05) is 73.1 Å². The van der Waals surface area contributed by atoms with Gasteiger partial charge in [-0.3, -0.25) is 0 Å². The number of rotatable bonds is 9. The van der Waals surface area contributed by atoms with Crippen molar-refractivity contribution in [2.45, 2.75) is 57.1 Å². The highest BCUT2D eigenvalue weighted by Crippen LogP contribution is 2.53. The van der Waals surface area contributed by atoms with Crippen LogP contribution in [-0.2, 0) is 16.7 Å². The van der Waals surface area contributed by atoms with Gasteiger partial charge in [-0.15, -0.1) is 0 Å². The number of likely N-dealkylation sites (tertiary alicyclic amines) is 1. The number of anilines is 1. The molecule has 1 unspecified atom stereocenters.